The average Bonchev–Trinajstić information content (AvgIpc) is 2.82. The number of carbonyl (C=O) groups excluding carboxylic acids is 1. The molecule has 0 aliphatic carbocycles. The highest BCUT2D eigenvalue weighted by Crippen LogP contribution is 2.27. The molecule has 0 aliphatic rings. The molecule has 34 heavy (non-hydrogen) atoms. The maximum atomic E-state index is 12.0. The minimum atomic E-state index is -0.595. The molecule has 0 saturated heterocycles. The second-order valence-corrected chi connectivity index (χ2v) is 8.41. The SMILES string of the molecule is CCOC(=O)[C@H](Cc1ccc(OCC=Cc2ccc(-c3cc(Cl)cc(Cl)c3)cc2)cc1)OCC. The summed E-state index contributed by atoms with van der Waals surface area (Å²) in [4.78, 5) is 12.0. The van der Waals surface area contributed by atoms with E-state index in [0.29, 0.717) is 36.3 Å². The molecule has 0 aromatic heterocycles. The van der Waals surface area contributed by atoms with E-state index < -0.39 is 6.10 Å². The highest BCUT2D eigenvalue weighted by atomic mass is 35.5. The summed E-state index contributed by atoms with van der Waals surface area (Å²) < 4.78 is 16.4. The highest BCUT2D eigenvalue weighted by Gasteiger charge is 2.20. The molecule has 0 spiro atoms. The van der Waals surface area contributed by atoms with Crippen molar-refractivity contribution in [3.05, 3.63) is 94.0 Å². The van der Waals surface area contributed by atoms with Gasteiger partial charge < -0.3 is 14.2 Å². The molecule has 0 fully saturated rings. The molecule has 0 amide bonds. The second-order valence-electron chi connectivity index (χ2n) is 7.54. The van der Waals surface area contributed by atoms with E-state index in [1.807, 2.05) is 79.7 Å². The van der Waals surface area contributed by atoms with Crippen molar-refractivity contribution in [1.29, 1.82) is 0 Å². The summed E-state index contributed by atoms with van der Waals surface area (Å²) in [6.45, 7) is 4.88. The van der Waals surface area contributed by atoms with Crippen LogP contribution in [0.15, 0.2) is 72.8 Å². The molecule has 0 radical (unpaired) electrons. The van der Waals surface area contributed by atoms with Crippen LogP contribution in [0.3, 0.4) is 0 Å². The van der Waals surface area contributed by atoms with Crippen molar-refractivity contribution >= 4 is 35.2 Å². The summed E-state index contributed by atoms with van der Waals surface area (Å²) in [6, 6.07) is 21.3. The van der Waals surface area contributed by atoms with Gasteiger partial charge in [0.15, 0.2) is 6.10 Å². The van der Waals surface area contributed by atoms with E-state index in [0.717, 1.165) is 28.0 Å². The van der Waals surface area contributed by atoms with Gasteiger partial charge in [0.25, 0.3) is 0 Å². The maximum absolute atomic E-state index is 12.0. The topological polar surface area (TPSA) is 44.8 Å². The van der Waals surface area contributed by atoms with Crippen LogP contribution >= 0.6 is 23.2 Å². The van der Waals surface area contributed by atoms with Crippen LogP contribution in [-0.2, 0) is 20.7 Å². The molecule has 178 valence electrons. The fourth-order valence-corrected chi connectivity index (χ4v) is 3.94. The number of carbonyl (C=O) groups is 1. The Hall–Kier alpha value is -2.79. The molecule has 0 aliphatic heterocycles. The van der Waals surface area contributed by atoms with Crippen molar-refractivity contribution in [2.45, 2.75) is 26.4 Å². The van der Waals surface area contributed by atoms with Crippen molar-refractivity contribution in [2.24, 2.45) is 0 Å². The van der Waals surface area contributed by atoms with Gasteiger partial charge in [-0.2, -0.15) is 0 Å². The zero-order chi connectivity index (χ0) is 24.3. The number of halogens is 2. The van der Waals surface area contributed by atoms with E-state index in [1.54, 1.807) is 13.0 Å². The van der Waals surface area contributed by atoms with Crippen LogP contribution in [0.1, 0.15) is 25.0 Å². The Morgan fingerprint density at radius 3 is 2.18 bits per heavy atom. The Bertz CT molecular complexity index is 1070. The van der Waals surface area contributed by atoms with Crippen molar-refractivity contribution in [3.8, 4) is 16.9 Å². The number of benzene rings is 3. The number of hydrogen-bond donors (Lipinski definition) is 0. The van der Waals surface area contributed by atoms with Crippen molar-refractivity contribution in [3.63, 3.8) is 0 Å². The van der Waals surface area contributed by atoms with E-state index in [9.17, 15) is 4.79 Å². The van der Waals surface area contributed by atoms with E-state index in [-0.39, 0.29) is 5.97 Å². The molecule has 0 bridgehead atoms. The molecule has 0 unspecified atom stereocenters. The van der Waals surface area contributed by atoms with Crippen LogP contribution in [0.25, 0.3) is 17.2 Å². The summed E-state index contributed by atoms with van der Waals surface area (Å²) in [6.07, 6.45) is 3.84. The first-order chi connectivity index (χ1) is 16.5. The van der Waals surface area contributed by atoms with Gasteiger partial charge in [0.2, 0.25) is 0 Å². The number of ether oxygens (including phenoxy) is 3. The van der Waals surface area contributed by atoms with Gasteiger partial charge in [-0.15, -0.1) is 0 Å². The lowest BCUT2D eigenvalue weighted by Gasteiger charge is -2.15. The molecular weight excluding hydrogens is 471 g/mol. The van der Waals surface area contributed by atoms with Crippen LogP contribution in [0.2, 0.25) is 10.0 Å². The average molecular weight is 499 g/mol. The summed E-state index contributed by atoms with van der Waals surface area (Å²) in [7, 11) is 0. The van der Waals surface area contributed by atoms with Crippen LogP contribution in [-0.4, -0.2) is 31.9 Å². The third-order valence-electron chi connectivity index (χ3n) is 5.02. The first kappa shape index (κ1) is 25.8. The van der Waals surface area contributed by atoms with Gasteiger partial charge in [-0.3, -0.25) is 0 Å². The minimum absolute atomic E-state index is 0.334. The lowest BCUT2D eigenvalue weighted by Crippen LogP contribution is -2.28. The van der Waals surface area contributed by atoms with Gasteiger partial charge in [-0.25, -0.2) is 4.79 Å². The quantitative estimate of drug-likeness (QED) is 0.261. The summed E-state index contributed by atoms with van der Waals surface area (Å²) in [5.74, 6) is 0.421. The van der Waals surface area contributed by atoms with Gasteiger partial charge in [-0.1, -0.05) is 65.7 Å². The first-order valence-corrected chi connectivity index (χ1v) is 12.0. The van der Waals surface area contributed by atoms with Crippen LogP contribution in [0.5, 0.6) is 5.75 Å². The fraction of sp³-hybridized carbons (Fsp3) is 0.250. The standard InChI is InChI=1S/C28H28Cl2O4/c1-3-32-27(28(31)33-4-2)16-21-9-13-26(14-10-21)34-15-5-6-20-7-11-22(12-8-20)23-17-24(29)19-25(30)18-23/h5-14,17-19,27H,3-4,15-16H2,1-2H3/t27-/m0/s1. The first-order valence-electron chi connectivity index (χ1n) is 11.2. The van der Waals surface area contributed by atoms with E-state index in [4.69, 9.17) is 37.4 Å². The molecule has 3 aromatic carbocycles. The minimum Gasteiger partial charge on any atom is -0.490 e. The van der Waals surface area contributed by atoms with E-state index >= 15 is 0 Å². The Kier molecular flexibility index (Phi) is 10.0. The monoisotopic (exact) mass is 498 g/mol. The van der Waals surface area contributed by atoms with Gasteiger partial charge in [0, 0.05) is 23.1 Å². The lowest BCUT2D eigenvalue weighted by molar-refractivity contribution is -0.156. The Labute approximate surface area is 211 Å². The number of hydrogen-bond acceptors (Lipinski definition) is 4. The summed E-state index contributed by atoms with van der Waals surface area (Å²) >= 11 is 12.2. The molecule has 4 nitrogen and oxygen atoms in total. The van der Waals surface area contributed by atoms with Crippen molar-refractivity contribution < 1.29 is 19.0 Å². The molecular formula is C28H28Cl2O4. The Morgan fingerprint density at radius 2 is 1.56 bits per heavy atom. The van der Waals surface area contributed by atoms with E-state index in [2.05, 4.69) is 0 Å². The van der Waals surface area contributed by atoms with Crippen LogP contribution in [0.4, 0.5) is 0 Å². The fourth-order valence-electron chi connectivity index (χ4n) is 3.42. The van der Waals surface area contributed by atoms with E-state index in [1.165, 1.54) is 0 Å². The van der Waals surface area contributed by atoms with Gasteiger partial charge in [0.1, 0.15) is 12.4 Å². The summed E-state index contributed by atoms with van der Waals surface area (Å²) in [5.41, 5.74) is 4.08. The molecule has 3 rings (SSSR count). The molecule has 0 saturated carbocycles. The largest absolute Gasteiger partial charge is 0.490 e. The highest BCUT2D eigenvalue weighted by molar-refractivity contribution is 6.35. The Balaban J connectivity index is 1.51. The molecule has 3 aromatic rings. The van der Waals surface area contributed by atoms with Gasteiger partial charge >= 0.3 is 5.97 Å². The molecule has 0 heterocycles. The van der Waals surface area contributed by atoms with Crippen molar-refractivity contribution in [2.75, 3.05) is 19.8 Å². The lowest BCUT2D eigenvalue weighted by atomic mass is 10.0. The predicted molar refractivity (Wildman–Crippen MR) is 139 cm³/mol. The smallest absolute Gasteiger partial charge is 0.335 e. The molecule has 1 atom stereocenters. The molecule has 6 heteroatoms. The number of esters is 1. The zero-order valence-electron chi connectivity index (χ0n) is 19.3. The van der Waals surface area contributed by atoms with Crippen LogP contribution < -0.4 is 4.74 Å². The normalized spacial score (nSPS) is 12.0. The third kappa shape index (κ3) is 7.91. The Morgan fingerprint density at radius 1 is 0.882 bits per heavy atom. The zero-order valence-corrected chi connectivity index (χ0v) is 20.8. The second kappa shape index (κ2) is 13.2. The third-order valence-corrected chi connectivity index (χ3v) is 5.46. The number of rotatable bonds is 11. The predicted octanol–water partition coefficient (Wildman–Crippen LogP) is 7.26. The van der Waals surface area contributed by atoms with Gasteiger partial charge in [-0.05, 0) is 72.5 Å². The van der Waals surface area contributed by atoms with Crippen LogP contribution in [0, 0.1) is 0 Å². The molecule has 0 N–H and O–H groups in total. The van der Waals surface area contributed by atoms with Gasteiger partial charge in [0.05, 0.1) is 6.61 Å². The summed E-state index contributed by atoms with van der Waals surface area (Å²) in [5, 5.41) is 1.23. The van der Waals surface area contributed by atoms with Crippen molar-refractivity contribution in [1.82, 2.24) is 0 Å². The maximum Gasteiger partial charge on any atom is 0.335 e.